The quantitative estimate of drug-likeness (QED) is 0.343. The molecular formula is C29H33N5O2S. The number of amides is 1. The number of carbonyl (C=O) groups excluding carboxylic acids is 1. The molecule has 7 nitrogen and oxygen atoms in total. The number of nitrogens with one attached hydrogen (secondary N) is 1. The van der Waals surface area contributed by atoms with E-state index in [2.05, 4.69) is 69.6 Å². The third kappa shape index (κ3) is 5.98. The minimum atomic E-state index is -0.0170. The monoisotopic (exact) mass is 515 g/mol. The van der Waals surface area contributed by atoms with E-state index in [1.807, 2.05) is 23.1 Å². The van der Waals surface area contributed by atoms with Crippen LogP contribution in [0.5, 0.6) is 0 Å². The summed E-state index contributed by atoms with van der Waals surface area (Å²) in [5.74, 6) is 1.01. The van der Waals surface area contributed by atoms with E-state index in [1.165, 1.54) is 0 Å². The molecule has 0 radical (unpaired) electrons. The van der Waals surface area contributed by atoms with Crippen LogP contribution >= 0.6 is 11.3 Å². The van der Waals surface area contributed by atoms with Crippen LogP contribution in [0.1, 0.15) is 24.1 Å². The summed E-state index contributed by atoms with van der Waals surface area (Å²) in [6, 6.07) is 20.7. The summed E-state index contributed by atoms with van der Waals surface area (Å²) in [6.07, 6.45) is 2.05. The molecule has 0 aliphatic carbocycles. The first-order chi connectivity index (χ1) is 18.1. The standard InChI is InChI=1S/C29H33N5O2S/c1-3-33-13-15-34(16-14-33)27(35)17-21-9-11-23(12-10-21)26-18-24-28(37-26)29(31-20-30-24)32-25(19-36-2)22-7-5-4-6-8-22/h4-12,18,20,25H,3,13-17,19H2,1-2H3,(H,30,31,32)/t25-/m1/s1. The summed E-state index contributed by atoms with van der Waals surface area (Å²) < 4.78 is 6.49. The molecule has 1 saturated heterocycles. The van der Waals surface area contributed by atoms with E-state index in [9.17, 15) is 4.79 Å². The average molecular weight is 516 g/mol. The molecule has 0 saturated carbocycles. The van der Waals surface area contributed by atoms with Gasteiger partial charge in [0, 0.05) is 38.2 Å². The zero-order valence-corrected chi connectivity index (χ0v) is 22.2. The molecule has 1 aliphatic rings. The Bertz CT molecular complexity index is 1320. The largest absolute Gasteiger partial charge is 0.382 e. The molecule has 0 spiro atoms. The molecule has 2 aromatic carbocycles. The second-order valence-corrected chi connectivity index (χ2v) is 10.4. The summed E-state index contributed by atoms with van der Waals surface area (Å²) >= 11 is 1.67. The third-order valence-electron chi connectivity index (χ3n) is 6.92. The lowest BCUT2D eigenvalue weighted by Crippen LogP contribution is -2.48. The van der Waals surface area contributed by atoms with Crippen molar-refractivity contribution in [2.75, 3.05) is 51.8 Å². The summed E-state index contributed by atoms with van der Waals surface area (Å²) in [7, 11) is 1.71. The van der Waals surface area contributed by atoms with Crippen LogP contribution in [0.15, 0.2) is 67.0 Å². The SMILES string of the molecule is CCN1CCN(C(=O)Cc2ccc(-c3cc4ncnc(N[C@H](COC)c5ccccc5)c4s3)cc2)CC1. The van der Waals surface area contributed by atoms with E-state index in [0.29, 0.717) is 13.0 Å². The van der Waals surface area contributed by atoms with E-state index < -0.39 is 0 Å². The zero-order valence-electron chi connectivity index (χ0n) is 21.4. The highest BCUT2D eigenvalue weighted by Gasteiger charge is 2.20. The number of thiophene rings is 1. The Kier molecular flexibility index (Phi) is 8.08. The van der Waals surface area contributed by atoms with Gasteiger partial charge in [-0.3, -0.25) is 4.79 Å². The summed E-state index contributed by atoms with van der Waals surface area (Å²) in [5.41, 5.74) is 4.20. The van der Waals surface area contributed by atoms with E-state index in [4.69, 9.17) is 4.74 Å². The van der Waals surface area contributed by atoms with Gasteiger partial charge in [-0.15, -0.1) is 11.3 Å². The van der Waals surface area contributed by atoms with Gasteiger partial charge in [-0.1, -0.05) is 61.5 Å². The van der Waals surface area contributed by atoms with E-state index in [1.54, 1.807) is 24.8 Å². The van der Waals surface area contributed by atoms with Crippen LogP contribution in [0.2, 0.25) is 0 Å². The number of aromatic nitrogens is 2. The van der Waals surface area contributed by atoms with Crippen molar-refractivity contribution < 1.29 is 9.53 Å². The van der Waals surface area contributed by atoms with Crippen molar-refractivity contribution in [2.24, 2.45) is 0 Å². The van der Waals surface area contributed by atoms with Gasteiger partial charge >= 0.3 is 0 Å². The number of hydrogen-bond acceptors (Lipinski definition) is 7. The van der Waals surface area contributed by atoms with Crippen molar-refractivity contribution >= 4 is 33.3 Å². The summed E-state index contributed by atoms with van der Waals surface area (Å²) in [6.45, 7) is 7.31. The van der Waals surface area contributed by atoms with Crippen molar-refractivity contribution in [1.29, 1.82) is 0 Å². The molecule has 1 amide bonds. The molecule has 37 heavy (non-hydrogen) atoms. The number of benzene rings is 2. The number of fused-ring (bicyclic) bond motifs is 1. The number of anilines is 1. The molecule has 192 valence electrons. The van der Waals surface area contributed by atoms with Crippen LogP contribution in [0.4, 0.5) is 5.82 Å². The van der Waals surface area contributed by atoms with Crippen molar-refractivity contribution in [3.8, 4) is 10.4 Å². The fourth-order valence-electron chi connectivity index (χ4n) is 4.72. The zero-order chi connectivity index (χ0) is 25.6. The smallest absolute Gasteiger partial charge is 0.227 e. The van der Waals surface area contributed by atoms with Gasteiger partial charge in [0.15, 0.2) is 0 Å². The maximum Gasteiger partial charge on any atom is 0.227 e. The first kappa shape index (κ1) is 25.3. The van der Waals surface area contributed by atoms with Crippen LogP contribution in [0.25, 0.3) is 20.7 Å². The lowest BCUT2D eigenvalue weighted by Gasteiger charge is -2.34. The summed E-state index contributed by atoms with van der Waals surface area (Å²) in [5, 5.41) is 3.56. The average Bonchev–Trinajstić information content (AvgIpc) is 3.39. The normalized spacial score (nSPS) is 15.1. The van der Waals surface area contributed by atoms with Crippen molar-refractivity contribution in [2.45, 2.75) is 19.4 Å². The lowest BCUT2D eigenvalue weighted by molar-refractivity contribution is -0.132. The Morgan fingerprint density at radius 1 is 1.05 bits per heavy atom. The van der Waals surface area contributed by atoms with Gasteiger partial charge in [-0.05, 0) is 29.3 Å². The number of piperazine rings is 1. The van der Waals surface area contributed by atoms with Gasteiger partial charge in [0.25, 0.3) is 0 Å². The Hall–Kier alpha value is -3.33. The van der Waals surface area contributed by atoms with Crippen LogP contribution in [0, 0.1) is 0 Å². The molecule has 1 fully saturated rings. The predicted octanol–water partition coefficient (Wildman–Crippen LogP) is 4.86. The number of hydrogen-bond donors (Lipinski definition) is 1. The predicted molar refractivity (Wildman–Crippen MR) is 150 cm³/mol. The van der Waals surface area contributed by atoms with Crippen molar-refractivity contribution in [1.82, 2.24) is 19.8 Å². The maximum atomic E-state index is 12.8. The van der Waals surface area contributed by atoms with Crippen LogP contribution < -0.4 is 5.32 Å². The molecule has 0 unspecified atom stereocenters. The second kappa shape index (κ2) is 11.8. The van der Waals surface area contributed by atoms with Gasteiger partial charge < -0.3 is 19.9 Å². The Labute approximate surface area is 222 Å². The number of nitrogens with zero attached hydrogens (tertiary/aromatic N) is 4. The van der Waals surface area contributed by atoms with Crippen LogP contribution in [0.3, 0.4) is 0 Å². The number of carbonyl (C=O) groups is 1. The topological polar surface area (TPSA) is 70.6 Å². The minimum Gasteiger partial charge on any atom is -0.382 e. The van der Waals surface area contributed by atoms with Crippen LogP contribution in [-0.2, 0) is 16.0 Å². The molecule has 3 heterocycles. The van der Waals surface area contributed by atoms with Crippen molar-refractivity contribution in [3.05, 3.63) is 78.1 Å². The number of ether oxygens (including phenoxy) is 1. The first-order valence-corrected chi connectivity index (χ1v) is 13.6. The number of methoxy groups -OCH3 is 1. The highest BCUT2D eigenvalue weighted by molar-refractivity contribution is 7.22. The second-order valence-electron chi connectivity index (χ2n) is 9.30. The Morgan fingerprint density at radius 2 is 1.81 bits per heavy atom. The van der Waals surface area contributed by atoms with Crippen molar-refractivity contribution in [3.63, 3.8) is 0 Å². The van der Waals surface area contributed by atoms with Gasteiger partial charge in [-0.2, -0.15) is 0 Å². The van der Waals surface area contributed by atoms with Crippen LogP contribution in [-0.4, -0.2) is 72.1 Å². The Morgan fingerprint density at radius 3 is 2.51 bits per heavy atom. The number of rotatable bonds is 9. The van der Waals surface area contributed by atoms with Gasteiger partial charge in [0.2, 0.25) is 5.91 Å². The Balaban J connectivity index is 1.30. The maximum absolute atomic E-state index is 12.8. The minimum absolute atomic E-state index is 0.0170. The third-order valence-corrected chi connectivity index (χ3v) is 8.10. The van der Waals surface area contributed by atoms with Gasteiger partial charge in [0.1, 0.15) is 12.1 Å². The van der Waals surface area contributed by atoms with E-state index >= 15 is 0 Å². The molecule has 0 bridgehead atoms. The fourth-order valence-corrected chi connectivity index (χ4v) is 5.79. The molecule has 1 atom stereocenters. The first-order valence-electron chi connectivity index (χ1n) is 12.8. The summed E-state index contributed by atoms with van der Waals surface area (Å²) in [4.78, 5) is 27.3. The molecule has 2 aromatic heterocycles. The lowest BCUT2D eigenvalue weighted by atomic mass is 10.1. The molecule has 8 heteroatoms. The molecular weight excluding hydrogens is 482 g/mol. The fraction of sp³-hybridized carbons (Fsp3) is 0.345. The van der Waals surface area contributed by atoms with Gasteiger partial charge in [-0.25, -0.2) is 9.97 Å². The number of likely N-dealkylation sites (N-methyl/N-ethyl adjacent to an activating group) is 1. The molecule has 1 aliphatic heterocycles. The molecule has 1 N–H and O–H groups in total. The van der Waals surface area contributed by atoms with Gasteiger partial charge in [0.05, 0.1) is 29.3 Å². The van der Waals surface area contributed by atoms with E-state index in [-0.39, 0.29) is 11.9 Å². The highest BCUT2D eigenvalue weighted by Crippen LogP contribution is 2.36. The molecule has 4 aromatic rings. The highest BCUT2D eigenvalue weighted by atomic mass is 32.1. The van der Waals surface area contributed by atoms with E-state index in [0.717, 1.165) is 70.3 Å². The molecule has 5 rings (SSSR count).